The summed E-state index contributed by atoms with van der Waals surface area (Å²) in [7, 11) is 1.49. The molecular weight excluding hydrogens is 306 g/mol. The summed E-state index contributed by atoms with van der Waals surface area (Å²) in [5.74, 6) is 0.440. The van der Waals surface area contributed by atoms with Crippen molar-refractivity contribution >= 4 is 10.8 Å². The zero-order chi connectivity index (χ0) is 17.1. The van der Waals surface area contributed by atoms with Crippen LogP contribution in [-0.4, -0.2) is 22.0 Å². The van der Waals surface area contributed by atoms with Crippen LogP contribution in [0.4, 0.5) is 0 Å². The fourth-order valence-corrected chi connectivity index (χ4v) is 2.64. The first-order chi connectivity index (χ1) is 11.6. The molecule has 24 heavy (non-hydrogen) atoms. The molecule has 0 spiro atoms. The molecule has 6 heteroatoms. The van der Waals surface area contributed by atoms with Gasteiger partial charge in [-0.1, -0.05) is 24.3 Å². The molecule has 3 aromatic rings. The Balaban J connectivity index is 2.14. The van der Waals surface area contributed by atoms with Gasteiger partial charge in [0.05, 0.1) is 24.3 Å². The second kappa shape index (κ2) is 6.42. The molecule has 1 heterocycles. The first kappa shape index (κ1) is 15.6. The van der Waals surface area contributed by atoms with Gasteiger partial charge in [-0.15, -0.1) is 0 Å². The van der Waals surface area contributed by atoms with E-state index in [0.717, 1.165) is 10.9 Å². The molecule has 0 unspecified atom stereocenters. The third kappa shape index (κ3) is 2.79. The smallest absolute Gasteiger partial charge is 0.275 e. The maximum Gasteiger partial charge on any atom is 0.275 e. The van der Waals surface area contributed by atoms with Gasteiger partial charge in [0.25, 0.3) is 5.56 Å². The summed E-state index contributed by atoms with van der Waals surface area (Å²) in [4.78, 5) is 12.4. The predicted octanol–water partition coefficient (Wildman–Crippen LogP) is 2.23. The highest BCUT2D eigenvalue weighted by Gasteiger charge is 2.12. The fourth-order valence-electron chi connectivity index (χ4n) is 2.64. The maximum atomic E-state index is 12.4. The first-order valence-electron chi connectivity index (χ1n) is 7.35. The second-order valence-electron chi connectivity index (χ2n) is 5.30. The van der Waals surface area contributed by atoms with Crippen molar-refractivity contribution in [1.82, 2.24) is 9.78 Å². The monoisotopic (exact) mass is 321 g/mol. The lowest BCUT2D eigenvalue weighted by molar-refractivity contribution is 0.373. The Labute approximate surface area is 138 Å². The van der Waals surface area contributed by atoms with Crippen molar-refractivity contribution in [2.45, 2.75) is 13.0 Å². The number of aromatic hydroxyl groups is 1. The molecule has 1 N–H and O–H groups in total. The molecule has 0 atom stereocenters. The first-order valence-corrected chi connectivity index (χ1v) is 7.35. The molecule has 3 rings (SSSR count). The minimum Gasteiger partial charge on any atom is -0.504 e. The van der Waals surface area contributed by atoms with Crippen molar-refractivity contribution in [3.63, 3.8) is 0 Å². The van der Waals surface area contributed by atoms with Crippen LogP contribution >= 0.6 is 0 Å². The van der Waals surface area contributed by atoms with Gasteiger partial charge in [-0.05, 0) is 23.8 Å². The van der Waals surface area contributed by atoms with Gasteiger partial charge in [0.15, 0.2) is 11.5 Å². The van der Waals surface area contributed by atoms with E-state index in [2.05, 4.69) is 5.10 Å². The highest BCUT2D eigenvalue weighted by Crippen LogP contribution is 2.27. The van der Waals surface area contributed by atoms with Crippen LogP contribution in [0.2, 0.25) is 0 Å². The standard InChI is InChI=1S/C18H15N3O3/c1-24-17-11-12(6-7-16(17)22)10-15-13-4-2-3-5-14(13)18(23)21(20-15)9-8-19/h2-7,11,22H,9-10H2,1H3. The van der Waals surface area contributed by atoms with Crippen LogP contribution in [0.15, 0.2) is 47.3 Å². The quantitative estimate of drug-likeness (QED) is 0.796. The minimum atomic E-state index is -0.279. The number of rotatable bonds is 4. The Morgan fingerprint density at radius 3 is 2.71 bits per heavy atom. The molecule has 0 aliphatic rings. The van der Waals surface area contributed by atoms with E-state index in [1.807, 2.05) is 18.2 Å². The van der Waals surface area contributed by atoms with Gasteiger partial charge >= 0.3 is 0 Å². The number of nitrogens with zero attached hydrogens (tertiary/aromatic N) is 3. The molecule has 0 fully saturated rings. The summed E-state index contributed by atoms with van der Waals surface area (Å²) >= 11 is 0. The lowest BCUT2D eigenvalue weighted by atomic mass is 10.0. The fraction of sp³-hybridized carbons (Fsp3) is 0.167. The third-order valence-corrected chi connectivity index (χ3v) is 3.78. The summed E-state index contributed by atoms with van der Waals surface area (Å²) in [6, 6.07) is 14.2. The topological polar surface area (TPSA) is 88.1 Å². The molecule has 6 nitrogen and oxygen atoms in total. The summed E-state index contributed by atoms with van der Waals surface area (Å²) < 4.78 is 6.30. The molecule has 0 saturated heterocycles. The van der Waals surface area contributed by atoms with Crippen LogP contribution in [0.3, 0.4) is 0 Å². The number of nitriles is 1. The van der Waals surface area contributed by atoms with Gasteiger partial charge in [0.1, 0.15) is 6.54 Å². The normalized spacial score (nSPS) is 10.5. The van der Waals surface area contributed by atoms with Gasteiger partial charge in [0, 0.05) is 11.8 Å². The van der Waals surface area contributed by atoms with Crippen molar-refractivity contribution in [2.75, 3.05) is 7.11 Å². The van der Waals surface area contributed by atoms with Gasteiger partial charge in [0.2, 0.25) is 0 Å². The number of aromatic nitrogens is 2. The van der Waals surface area contributed by atoms with Gasteiger partial charge in [-0.25, -0.2) is 4.68 Å². The van der Waals surface area contributed by atoms with E-state index in [-0.39, 0.29) is 17.9 Å². The summed E-state index contributed by atoms with van der Waals surface area (Å²) in [6.45, 7) is -0.102. The maximum absolute atomic E-state index is 12.4. The van der Waals surface area contributed by atoms with E-state index in [1.165, 1.54) is 11.8 Å². The third-order valence-electron chi connectivity index (χ3n) is 3.78. The van der Waals surface area contributed by atoms with Crippen molar-refractivity contribution in [1.29, 1.82) is 5.26 Å². The molecule has 0 bridgehead atoms. The zero-order valence-electron chi connectivity index (χ0n) is 13.1. The number of hydrogen-bond donors (Lipinski definition) is 1. The summed E-state index contributed by atoms with van der Waals surface area (Å²) in [5, 5.41) is 24.2. The molecule has 0 aliphatic heterocycles. The van der Waals surface area contributed by atoms with E-state index < -0.39 is 0 Å². The lowest BCUT2D eigenvalue weighted by Gasteiger charge is -2.10. The molecular formula is C18H15N3O3. The highest BCUT2D eigenvalue weighted by molar-refractivity contribution is 5.83. The summed E-state index contributed by atoms with van der Waals surface area (Å²) in [6.07, 6.45) is 0.447. The summed E-state index contributed by atoms with van der Waals surface area (Å²) in [5.41, 5.74) is 1.29. The van der Waals surface area contributed by atoms with Gasteiger partial charge in [-0.3, -0.25) is 4.79 Å². The van der Waals surface area contributed by atoms with Crippen LogP contribution < -0.4 is 10.3 Å². The van der Waals surface area contributed by atoms with E-state index in [0.29, 0.717) is 23.3 Å². The molecule has 2 aromatic carbocycles. The average Bonchev–Trinajstić information content (AvgIpc) is 2.60. The van der Waals surface area contributed by atoms with E-state index in [4.69, 9.17) is 10.00 Å². The van der Waals surface area contributed by atoms with E-state index >= 15 is 0 Å². The predicted molar refractivity (Wildman–Crippen MR) is 89.1 cm³/mol. The lowest BCUT2D eigenvalue weighted by Crippen LogP contribution is -2.24. The van der Waals surface area contributed by atoms with Crippen LogP contribution in [0, 0.1) is 11.3 Å². The minimum absolute atomic E-state index is 0.0634. The van der Waals surface area contributed by atoms with Crippen molar-refractivity contribution < 1.29 is 9.84 Å². The molecule has 120 valence electrons. The number of phenolic OH excluding ortho intramolecular Hbond substituents is 1. The number of phenols is 1. The number of fused-ring (bicyclic) bond motifs is 1. The number of methoxy groups -OCH3 is 1. The molecule has 0 radical (unpaired) electrons. The van der Waals surface area contributed by atoms with Gasteiger partial charge < -0.3 is 9.84 Å². The highest BCUT2D eigenvalue weighted by atomic mass is 16.5. The Kier molecular flexibility index (Phi) is 4.17. The van der Waals surface area contributed by atoms with Gasteiger partial charge in [-0.2, -0.15) is 10.4 Å². The SMILES string of the molecule is COc1cc(Cc2nn(CC#N)c(=O)c3ccccc23)ccc1O. The van der Waals surface area contributed by atoms with Crippen molar-refractivity contribution in [3.05, 3.63) is 64.1 Å². The zero-order valence-corrected chi connectivity index (χ0v) is 13.1. The number of ether oxygens (including phenoxy) is 1. The second-order valence-corrected chi connectivity index (χ2v) is 5.30. The van der Waals surface area contributed by atoms with E-state index in [9.17, 15) is 9.90 Å². The Bertz CT molecular complexity index is 1000. The van der Waals surface area contributed by atoms with Crippen LogP contribution in [0.1, 0.15) is 11.3 Å². The van der Waals surface area contributed by atoms with Crippen LogP contribution in [0.25, 0.3) is 10.8 Å². The molecule has 1 aromatic heterocycles. The van der Waals surface area contributed by atoms with Crippen LogP contribution in [0.5, 0.6) is 11.5 Å². The molecule has 0 aliphatic carbocycles. The largest absolute Gasteiger partial charge is 0.504 e. The average molecular weight is 321 g/mol. The van der Waals surface area contributed by atoms with E-state index in [1.54, 1.807) is 30.3 Å². The molecule has 0 amide bonds. The Hall–Kier alpha value is -3.33. The number of hydrogen-bond acceptors (Lipinski definition) is 5. The van der Waals surface area contributed by atoms with Crippen molar-refractivity contribution in [3.8, 4) is 17.6 Å². The number of benzene rings is 2. The molecule has 0 saturated carbocycles. The van der Waals surface area contributed by atoms with Crippen molar-refractivity contribution in [2.24, 2.45) is 0 Å². The Morgan fingerprint density at radius 2 is 2.00 bits per heavy atom. The van der Waals surface area contributed by atoms with Crippen LogP contribution in [-0.2, 0) is 13.0 Å². The Morgan fingerprint density at radius 1 is 1.25 bits per heavy atom.